The van der Waals surface area contributed by atoms with Crippen LogP contribution in [0.1, 0.15) is 11.1 Å². The lowest BCUT2D eigenvalue weighted by Gasteiger charge is -2.13. The van der Waals surface area contributed by atoms with Gasteiger partial charge in [0.2, 0.25) is 0 Å². The van der Waals surface area contributed by atoms with Crippen LogP contribution in [0.4, 0.5) is 13.2 Å². The van der Waals surface area contributed by atoms with E-state index in [-0.39, 0.29) is 12.1 Å². The van der Waals surface area contributed by atoms with Crippen LogP contribution in [0.2, 0.25) is 0 Å². The summed E-state index contributed by atoms with van der Waals surface area (Å²) in [7, 11) is 1.54. The van der Waals surface area contributed by atoms with Crippen molar-refractivity contribution in [1.82, 2.24) is 5.32 Å². The lowest BCUT2D eigenvalue weighted by Crippen LogP contribution is -2.21. The second kappa shape index (κ2) is 6.37. The van der Waals surface area contributed by atoms with Crippen molar-refractivity contribution >= 4 is 15.9 Å². The molecule has 1 aromatic rings. The van der Waals surface area contributed by atoms with E-state index in [1.54, 1.807) is 13.2 Å². The van der Waals surface area contributed by atoms with Gasteiger partial charge in [-0.15, -0.1) is 0 Å². The van der Waals surface area contributed by atoms with E-state index in [0.29, 0.717) is 17.6 Å². The molecule has 1 rings (SSSR count). The molecule has 17 heavy (non-hydrogen) atoms. The molecule has 0 saturated heterocycles. The van der Waals surface area contributed by atoms with E-state index in [1.165, 1.54) is 6.07 Å². The van der Waals surface area contributed by atoms with Gasteiger partial charge in [-0.25, -0.2) is 0 Å². The summed E-state index contributed by atoms with van der Waals surface area (Å²) >= 11 is 3.04. The quantitative estimate of drug-likeness (QED) is 0.843. The fourth-order valence-electron chi connectivity index (χ4n) is 1.36. The van der Waals surface area contributed by atoms with Crippen LogP contribution in [0.5, 0.6) is 0 Å². The number of ether oxygens (including phenoxy) is 1. The highest BCUT2D eigenvalue weighted by Crippen LogP contribution is 2.33. The molecule has 6 heteroatoms. The van der Waals surface area contributed by atoms with E-state index in [1.807, 2.05) is 0 Å². The molecule has 0 unspecified atom stereocenters. The second-order valence-electron chi connectivity index (χ2n) is 3.47. The Kier molecular flexibility index (Phi) is 5.42. The molecule has 1 N–H and O–H groups in total. The molecule has 0 aliphatic heterocycles. The molecule has 0 saturated carbocycles. The van der Waals surface area contributed by atoms with Crippen molar-refractivity contribution in [2.75, 3.05) is 20.3 Å². The molecule has 2 nitrogen and oxygen atoms in total. The maximum absolute atomic E-state index is 12.7. The molecule has 0 aromatic heterocycles. The minimum Gasteiger partial charge on any atom is -0.383 e. The van der Waals surface area contributed by atoms with Crippen molar-refractivity contribution in [2.24, 2.45) is 0 Å². The van der Waals surface area contributed by atoms with Crippen LogP contribution in [-0.4, -0.2) is 20.3 Å². The maximum atomic E-state index is 12.7. The van der Waals surface area contributed by atoms with Crippen LogP contribution in [0.25, 0.3) is 0 Å². The van der Waals surface area contributed by atoms with Gasteiger partial charge in [-0.05, 0) is 17.7 Å². The Morgan fingerprint density at radius 3 is 2.65 bits per heavy atom. The van der Waals surface area contributed by atoms with E-state index in [4.69, 9.17) is 4.74 Å². The van der Waals surface area contributed by atoms with Crippen molar-refractivity contribution in [2.45, 2.75) is 12.7 Å². The van der Waals surface area contributed by atoms with Gasteiger partial charge in [0.25, 0.3) is 0 Å². The summed E-state index contributed by atoms with van der Waals surface area (Å²) in [6, 6.07) is 4.16. The summed E-state index contributed by atoms with van der Waals surface area (Å²) in [5.41, 5.74) is -0.381. The summed E-state index contributed by atoms with van der Waals surface area (Å²) in [6.45, 7) is 1.16. The maximum Gasteiger partial charge on any atom is 0.416 e. The molecule has 0 aliphatic rings. The van der Waals surface area contributed by atoms with Crippen LogP contribution < -0.4 is 5.32 Å². The molecule has 0 radical (unpaired) electrons. The summed E-state index contributed by atoms with van der Waals surface area (Å²) in [6.07, 6.45) is -4.33. The fraction of sp³-hybridized carbons (Fsp3) is 0.455. The number of halogens is 4. The normalized spacial score (nSPS) is 11.8. The molecular formula is C11H13BrF3NO. The number of hydrogen-bond donors (Lipinski definition) is 1. The summed E-state index contributed by atoms with van der Waals surface area (Å²) in [5, 5.41) is 2.89. The Morgan fingerprint density at radius 2 is 2.06 bits per heavy atom. The van der Waals surface area contributed by atoms with Crippen LogP contribution >= 0.6 is 15.9 Å². The van der Waals surface area contributed by atoms with Crippen LogP contribution in [-0.2, 0) is 17.5 Å². The molecule has 0 aliphatic carbocycles. The Morgan fingerprint density at radius 1 is 1.35 bits per heavy atom. The second-order valence-corrected chi connectivity index (χ2v) is 4.38. The summed E-state index contributed by atoms with van der Waals surface area (Å²) in [4.78, 5) is 0. The number of methoxy groups -OCH3 is 1. The minimum absolute atomic E-state index is 0.172. The van der Waals surface area contributed by atoms with E-state index < -0.39 is 11.7 Å². The third kappa shape index (κ3) is 4.65. The van der Waals surface area contributed by atoms with Crippen molar-refractivity contribution in [1.29, 1.82) is 0 Å². The summed E-state index contributed by atoms with van der Waals surface area (Å²) in [5.74, 6) is 0. The van der Waals surface area contributed by atoms with Gasteiger partial charge in [0.1, 0.15) is 0 Å². The van der Waals surface area contributed by atoms with Crippen molar-refractivity contribution in [3.8, 4) is 0 Å². The van der Waals surface area contributed by atoms with Gasteiger partial charge in [0.05, 0.1) is 12.2 Å². The van der Waals surface area contributed by atoms with Gasteiger partial charge in [-0.3, -0.25) is 0 Å². The highest BCUT2D eigenvalue weighted by atomic mass is 79.9. The third-order valence-electron chi connectivity index (χ3n) is 2.18. The van der Waals surface area contributed by atoms with Gasteiger partial charge in [-0.1, -0.05) is 22.0 Å². The molecule has 0 spiro atoms. The first-order valence-corrected chi connectivity index (χ1v) is 5.79. The molecule has 96 valence electrons. The van der Waals surface area contributed by atoms with Gasteiger partial charge >= 0.3 is 6.18 Å². The lowest BCUT2D eigenvalue weighted by atomic mass is 10.1. The number of hydrogen-bond acceptors (Lipinski definition) is 2. The van der Waals surface area contributed by atoms with Gasteiger partial charge in [0, 0.05) is 24.7 Å². The largest absolute Gasteiger partial charge is 0.416 e. The Bertz CT molecular complexity index is 368. The minimum atomic E-state index is -4.33. The highest BCUT2D eigenvalue weighted by Gasteiger charge is 2.33. The zero-order valence-electron chi connectivity index (χ0n) is 9.27. The smallest absolute Gasteiger partial charge is 0.383 e. The van der Waals surface area contributed by atoms with Crippen molar-refractivity contribution in [3.05, 3.63) is 33.8 Å². The topological polar surface area (TPSA) is 21.3 Å². The molecular weight excluding hydrogens is 299 g/mol. The Labute approximate surface area is 106 Å². The van der Waals surface area contributed by atoms with Crippen LogP contribution in [0.3, 0.4) is 0 Å². The first-order chi connectivity index (χ1) is 7.95. The third-order valence-corrected chi connectivity index (χ3v) is 2.67. The van der Waals surface area contributed by atoms with Crippen molar-refractivity contribution in [3.63, 3.8) is 0 Å². The predicted octanol–water partition coefficient (Wildman–Crippen LogP) is 3.20. The van der Waals surface area contributed by atoms with E-state index in [0.717, 1.165) is 6.07 Å². The molecule has 0 bridgehead atoms. The van der Waals surface area contributed by atoms with Gasteiger partial charge in [-0.2, -0.15) is 13.2 Å². The van der Waals surface area contributed by atoms with Gasteiger partial charge < -0.3 is 10.1 Å². The zero-order valence-corrected chi connectivity index (χ0v) is 10.9. The van der Waals surface area contributed by atoms with E-state index in [2.05, 4.69) is 21.2 Å². The number of alkyl halides is 3. The Hall–Kier alpha value is -0.590. The number of benzene rings is 1. The monoisotopic (exact) mass is 311 g/mol. The molecule has 0 atom stereocenters. The van der Waals surface area contributed by atoms with Gasteiger partial charge in [0.15, 0.2) is 0 Å². The van der Waals surface area contributed by atoms with Crippen LogP contribution in [0, 0.1) is 0 Å². The SMILES string of the molecule is COCCNCc1ccc(Br)cc1C(F)(F)F. The van der Waals surface area contributed by atoms with E-state index in [9.17, 15) is 13.2 Å². The predicted molar refractivity (Wildman–Crippen MR) is 62.7 cm³/mol. The van der Waals surface area contributed by atoms with E-state index >= 15 is 0 Å². The first kappa shape index (κ1) is 14.5. The number of rotatable bonds is 5. The lowest BCUT2D eigenvalue weighted by molar-refractivity contribution is -0.138. The number of nitrogens with one attached hydrogen (secondary N) is 1. The fourth-order valence-corrected chi connectivity index (χ4v) is 1.73. The average Bonchev–Trinajstić information content (AvgIpc) is 2.25. The summed E-state index contributed by atoms with van der Waals surface area (Å²) < 4.78 is 43.4. The molecule has 1 aromatic carbocycles. The Balaban J connectivity index is 2.77. The molecule has 0 fully saturated rings. The highest BCUT2D eigenvalue weighted by molar-refractivity contribution is 9.10. The first-order valence-electron chi connectivity index (χ1n) is 5.00. The standard InChI is InChI=1S/C11H13BrF3NO/c1-17-5-4-16-7-8-2-3-9(12)6-10(8)11(13,14)15/h2-3,6,16H,4-5,7H2,1H3. The molecule has 0 heterocycles. The molecule has 0 amide bonds. The zero-order chi connectivity index (χ0) is 12.9. The van der Waals surface area contributed by atoms with Crippen molar-refractivity contribution < 1.29 is 17.9 Å². The van der Waals surface area contributed by atoms with Crippen LogP contribution in [0.15, 0.2) is 22.7 Å². The average molecular weight is 312 g/mol.